The molecular formula is C66H45N7OPt-2. The molecule has 15 rings (SSSR count). The number of hydrogen-bond donors (Lipinski definition) is 0. The fourth-order valence-corrected chi connectivity index (χ4v) is 10.8. The van der Waals surface area contributed by atoms with Crippen LogP contribution in [0.25, 0.3) is 128 Å². The number of furan rings is 1. The first-order valence-electron chi connectivity index (χ1n) is 29.3. The SMILES string of the molecule is [2H]c1c([2H])c([2H])c(-c2cccc(-c3c([2H])c([2H])c([2H])c([2H])c3[2H])c2-[n+]2[c-]n(-c3[c-]c(-n4c5[c-]c6c(cc5c5ccccc54)n4c5cccc(C)c5nc4n6-c4cc(C(C)(C)C)ccn4)c4oc5ccccc5c4c3)c3ccccc32)c([2H])c1[2H].[Pt]. The van der Waals surface area contributed by atoms with Crippen molar-refractivity contribution in [1.29, 1.82) is 0 Å². The van der Waals surface area contributed by atoms with Gasteiger partial charge in [-0.2, -0.15) is 0 Å². The zero-order valence-corrected chi connectivity index (χ0v) is 42.9. The van der Waals surface area contributed by atoms with E-state index in [1.807, 2.05) is 83.6 Å². The van der Waals surface area contributed by atoms with Crippen LogP contribution in [-0.2, 0) is 26.5 Å². The molecule has 0 bridgehead atoms. The third kappa shape index (κ3) is 6.75. The summed E-state index contributed by atoms with van der Waals surface area (Å²) < 4.78 is 106. The summed E-state index contributed by atoms with van der Waals surface area (Å²) in [6.07, 6.45) is 5.42. The van der Waals surface area contributed by atoms with E-state index < -0.39 is 60.4 Å². The van der Waals surface area contributed by atoms with Crippen LogP contribution in [0.5, 0.6) is 0 Å². The van der Waals surface area contributed by atoms with Gasteiger partial charge >= 0.3 is 0 Å². The second-order valence-corrected chi connectivity index (χ2v) is 19.6. The Bertz CT molecular complexity index is 5270. The minimum atomic E-state index is -0.581. The van der Waals surface area contributed by atoms with Gasteiger partial charge in [-0.05, 0) is 104 Å². The van der Waals surface area contributed by atoms with Crippen LogP contribution >= 0.6 is 0 Å². The predicted octanol–water partition coefficient (Wildman–Crippen LogP) is 15.4. The number of hydrogen-bond acceptors (Lipinski definition) is 3. The Labute approximate surface area is 460 Å². The van der Waals surface area contributed by atoms with Crippen LogP contribution in [0.4, 0.5) is 0 Å². The summed E-state index contributed by atoms with van der Waals surface area (Å²) in [5.74, 6) is 1.38. The summed E-state index contributed by atoms with van der Waals surface area (Å²) in [5, 5.41) is 3.44. The molecule has 0 aliphatic carbocycles. The average Bonchev–Trinajstić information content (AvgIpc) is 1.89. The van der Waals surface area contributed by atoms with Gasteiger partial charge in [-0.3, -0.25) is 9.13 Å². The maximum absolute atomic E-state index is 9.23. The van der Waals surface area contributed by atoms with Crippen molar-refractivity contribution in [3.05, 3.63) is 230 Å². The normalized spacial score (nSPS) is 14.0. The minimum Gasteiger partial charge on any atom is -0.514 e. The maximum atomic E-state index is 9.23. The molecule has 0 spiro atoms. The Morgan fingerprint density at radius 3 is 2.05 bits per heavy atom. The van der Waals surface area contributed by atoms with Gasteiger partial charge in [0.15, 0.2) is 0 Å². The number of nitrogens with zero attached hydrogens (tertiary/aromatic N) is 7. The van der Waals surface area contributed by atoms with E-state index >= 15 is 0 Å². The standard InChI is InChI=1S/C66H45N7O.Pt/c1-41-19-17-31-55-62(41)68-65-72(55)57-38-50-48-24-11-13-28-52(48)71(56(50)39-58(57)73(65)61-35-44(33-34-67-61)66(2,3)4)59-37-45(36-51-49-25-12-16-32-60(49)74-64(51)59)69-40-70(54-30-15-14-29-53(54)69)63-46(42-20-7-5-8-21-42)26-18-27-47(63)43-22-9-6-10-23-43;/h5-36,38H,1-4H3;/q-2;/i5D,6D,7D,8D,9D,10D,20D,21D,22D,23D;. The minimum absolute atomic E-state index is 0. The smallest absolute Gasteiger partial charge is 0.268 e. The van der Waals surface area contributed by atoms with Crippen molar-refractivity contribution in [3.8, 4) is 45.1 Å². The van der Waals surface area contributed by atoms with Crippen molar-refractivity contribution in [2.24, 2.45) is 0 Å². The van der Waals surface area contributed by atoms with E-state index in [-0.39, 0.29) is 54.4 Å². The van der Waals surface area contributed by atoms with Crippen molar-refractivity contribution in [2.75, 3.05) is 0 Å². The molecule has 0 atom stereocenters. The first-order valence-corrected chi connectivity index (χ1v) is 24.3. The van der Waals surface area contributed by atoms with E-state index in [0.29, 0.717) is 45.2 Å². The number of pyridine rings is 1. The summed E-state index contributed by atoms with van der Waals surface area (Å²) in [6.45, 7) is 8.61. The third-order valence-corrected chi connectivity index (χ3v) is 14.3. The van der Waals surface area contributed by atoms with Crippen LogP contribution in [0.15, 0.2) is 204 Å². The zero-order chi connectivity index (χ0) is 58.1. The summed E-state index contributed by atoms with van der Waals surface area (Å²) in [6, 6.07) is 45.2. The Morgan fingerprint density at radius 1 is 0.613 bits per heavy atom. The van der Waals surface area contributed by atoms with Gasteiger partial charge < -0.3 is 18.0 Å². The van der Waals surface area contributed by atoms with Crippen LogP contribution in [0.3, 0.4) is 0 Å². The molecule has 0 fully saturated rings. The first-order chi connectivity index (χ1) is 40.4. The van der Waals surface area contributed by atoms with Crippen LogP contribution in [-0.4, -0.2) is 28.1 Å². The molecule has 9 heteroatoms. The van der Waals surface area contributed by atoms with Gasteiger partial charge in [0.1, 0.15) is 11.4 Å². The number of imidazole rings is 3. The molecule has 15 aromatic rings. The second kappa shape index (κ2) is 16.9. The van der Waals surface area contributed by atoms with E-state index in [0.717, 1.165) is 65.8 Å². The second-order valence-electron chi connectivity index (χ2n) is 19.6. The molecule has 0 N–H and O–H groups in total. The number of benzene rings is 9. The third-order valence-electron chi connectivity index (χ3n) is 14.3. The number of aromatic nitrogens is 7. The van der Waals surface area contributed by atoms with Gasteiger partial charge in [0.05, 0.1) is 41.5 Å². The van der Waals surface area contributed by atoms with Gasteiger partial charge in [-0.25, -0.2) is 9.97 Å². The number of aryl methyl sites for hydroxylation is 1. The summed E-state index contributed by atoms with van der Waals surface area (Å²) in [4.78, 5) is 10.3. The van der Waals surface area contributed by atoms with E-state index in [4.69, 9.17) is 22.6 Å². The van der Waals surface area contributed by atoms with Crippen molar-refractivity contribution in [2.45, 2.75) is 33.1 Å². The van der Waals surface area contributed by atoms with E-state index in [1.165, 1.54) is 0 Å². The van der Waals surface area contributed by atoms with Crippen molar-refractivity contribution < 1.29 is 43.8 Å². The molecule has 0 unspecified atom stereocenters. The summed E-state index contributed by atoms with van der Waals surface area (Å²) >= 11 is 0. The molecule has 362 valence electrons. The first kappa shape index (κ1) is 35.3. The molecule has 6 aromatic heterocycles. The molecule has 75 heavy (non-hydrogen) atoms. The summed E-state index contributed by atoms with van der Waals surface area (Å²) in [7, 11) is 0. The number of fused-ring (bicyclic) bond motifs is 12. The monoisotopic (exact) mass is 1160 g/mol. The van der Waals surface area contributed by atoms with Crippen molar-refractivity contribution >= 4 is 82.6 Å². The van der Waals surface area contributed by atoms with Gasteiger partial charge in [-0.15, -0.1) is 29.7 Å². The van der Waals surface area contributed by atoms with Gasteiger partial charge in [0.25, 0.3) is 6.33 Å². The quantitative estimate of drug-likeness (QED) is 0.123. The number of para-hydroxylation sites is 6. The van der Waals surface area contributed by atoms with Gasteiger partial charge in [-0.1, -0.05) is 183 Å². The molecular weight excluding hydrogens is 1100 g/mol. The Kier molecular flexibility index (Phi) is 7.94. The van der Waals surface area contributed by atoms with Crippen molar-refractivity contribution in [3.63, 3.8) is 0 Å². The molecule has 0 aliphatic heterocycles. The molecule has 0 saturated heterocycles. The molecule has 0 aliphatic rings. The van der Waals surface area contributed by atoms with E-state index in [2.05, 4.69) is 102 Å². The molecule has 0 amide bonds. The fraction of sp³-hybridized carbons (Fsp3) is 0.0758. The van der Waals surface area contributed by atoms with E-state index in [1.54, 1.807) is 22.8 Å². The zero-order valence-electron chi connectivity index (χ0n) is 50.6. The predicted molar refractivity (Wildman–Crippen MR) is 298 cm³/mol. The van der Waals surface area contributed by atoms with Gasteiger partial charge in [0.2, 0.25) is 5.78 Å². The molecule has 0 radical (unpaired) electrons. The fourth-order valence-electron chi connectivity index (χ4n) is 10.8. The maximum Gasteiger partial charge on any atom is 0.268 e. The van der Waals surface area contributed by atoms with Gasteiger partial charge in [0, 0.05) is 43.7 Å². The topological polar surface area (TPSA) is 62.0 Å². The Morgan fingerprint density at radius 2 is 1.29 bits per heavy atom. The Balaban J connectivity index is 0.00000640. The van der Waals surface area contributed by atoms with Crippen LogP contribution in [0, 0.1) is 25.4 Å². The molecule has 0 saturated carbocycles. The number of rotatable bonds is 6. The average molecular weight is 1160 g/mol. The molecule has 6 heterocycles. The van der Waals surface area contributed by atoms with Crippen LogP contribution < -0.4 is 4.57 Å². The largest absolute Gasteiger partial charge is 0.514 e. The van der Waals surface area contributed by atoms with E-state index in [9.17, 15) is 5.48 Å². The van der Waals surface area contributed by atoms with Crippen LogP contribution in [0.2, 0.25) is 0 Å². The van der Waals surface area contributed by atoms with Crippen LogP contribution in [0.1, 0.15) is 45.6 Å². The van der Waals surface area contributed by atoms with Crippen molar-refractivity contribution in [1.82, 2.24) is 28.1 Å². The Hall–Kier alpha value is -8.84. The summed E-state index contributed by atoms with van der Waals surface area (Å²) in [5.41, 5.74) is 10.5. The molecule has 8 nitrogen and oxygen atoms in total. The molecule has 9 aromatic carbocycles.